The molecule has 5 nitrogen and oxygen atoms in total. The molecule has 0 radical (unpaired) electrons. The molecule has 0 fully saturated rings. The van der Waals surface area contributed by atoms with Crippen LogP contribution in [0.15, 0.2) is 16.8 Å². The smallest absolute Gasteiger partial charge is 0.369 e. The average Bonchev–Trinajstić information content (AvgIpc) is 2.04. The van der Waals surface area contributed by atoms with E-state index in [1.165, 1.54) is 6.20 Å². The number of alkyl halides is 1. The lowest BCUT2D eigenvalue weighted by Gasteiger charge is -2.23. The molecule has 0 aromatic rings. The van der Waals surface area contributed by atoms with Gasteiger partial charge >= 0.3 is 11.1 Å². The van der Waals surface area contributed by atoms with Gasteiger partial charge in [0, 0.05) is 11.8 Å². The summed E-state index contributed by atoms with van der Waals surface area (Å²) in [6.45, 7) is 1.89. The van der Waals surface area contributed by atoms with Crippen molar-refractivity contribution in [3.8, 4) is 0 Å². The predicted molar refractivity (Wildman–Crippen MR) is 49.4 cm³/mol. The van der Waals surface area contributed by atoms with Gasteiger partial charge in [0.1, 0.15) is 5.84 Å². The number of nitrogens with one attached hydrogen (secondary N) is 1. The van der Waals surface area contributed by atoms with Gasteiger partial charge in [-0.15, -0.1) is 0 Å². The third kappa shape index (κ3) is 1.75. The fraction of sp³-hybridized carbons (Fsp3) is 0.429. The molecule has 1 heterocycles. The van der Waals surface area contributed by atoms with Gasteiger partial charge in [-0.2, -0.15) is 0 Å². The Labute approximate surface area is 80.3 Å². The van der Waals surface area contributed by atoms with Crippen molar-refractivity contribution in [3.63, 3.8) is 0 Å². The van der Waals surface area contributed by atoms with E-state index in [2.05, 4.69) is 10.3 Å². The van der Waals surface area contributed by atoms with Crippen molar-refractivity contribution in [2.75, 3.05) is 0 Å². The Balaban J connectivity index is 2.94. The number of rotatable bonds is 2. The van der Waals surface area contributed by atoms with Crippen molar-refractivity contribution >= 4 is 23.4 Å². The number of aliphatic imine (C=N–C) groups is 1. The Morgan fingerprint density at radius 2 is 2.54 bits per heavy atom. The molecule has 0 saturated heterocycles. The zero-order valence-electron chi connectivity index (χ0n) is 7.04. The Bertz CT molecular complexity index is 300. The minimum absolute atomic E-state index is 0.165. The van der Waals surface area contributed by atoms with E-state index in [-0.39, 0.29) is 5.84 Å². The lowest BCUT2D eigenvalue weighted by atomic mass is 10.2. The topological polar surface area (TPSA) is 87.7 Å². The minimum Gasteiger partial charge on any atom is -0.477 e. The Morgan fingerprint density at radius 3 is 2.92 bits per heavy atom. The first-order chi connectivity index (χ1) is 5.99. The van der Waals surface area contributed by atoms with Crippen LogP contribution in [0.5, 0.6) is 0 Å². The molecule has 13 heavy (non-hydrogen) atoms. The fourth-order valence-corrected chi connectivity index (χ4v) is 1.07. The van der Waals surface area contributed by atoms with Crippen molar-refractivity contribution < 1.29 is 9.90 Å². The number of aliphatic carboxylic acids is 1. The second-order valence-corrected chi connectivity index (χ2v) is 3.14. The molecule has 1 aliphatic heterocycles. The summed E-state index contributed by atoms with van der Waals surface area (Å²) in [5.41, 5.74) is 6.24. The van der Waals surface area contributed by atoms with E-state index in [4.69, 9.17) is 22.4 Å². The number of hydrogen-bond donors (Lipinski definition) is 3. The van der Waals surface area contributed by atoms with E-state index >= 15 is 0 Å². The number of carboxylic acid groups (broad SMARTS) is 1. The second kappa shape index (κ2) is 3.26. The second-order valence-electron chi connectivity index (χ2n) is 2.59. The molecule has 1 unspecified atom stereocenters. The van der Waals surface area contributed by atoms with Crippen LogP contribution in [0.25, 0.3) is 0 Å². The number of halogens is 1. The van der Waals surface area contributed by atoms with E-state index in [1.807, 2.05) is 6.92 Å². The van der Waals surface area contributed by atoms with Crippen LogP contribution < -0.4 is 11.1 Å². The first-order valence-corrected chi connectivity index (χ1v) is 4.12. The van der Waals surface area contributed by atoms with E-state index in [1.54, 1.807) is 0 Å². The van der Waals surface area contributed by atoms with Crippen LogP contribution in [0.2, 0.25) is 0 Å². The van der Waals surface area contributed by atoms with Crippen LogP contribution >= 0.6 is 11.6 Å². The molecule has 1 rings (SSSR count). The van der Waals surface area contributed by atoms with Gasteiger partial charge in [-0.05, 0) is 6.42 Å². The lowest BCUT2D eigenvalue weighted by Crippen LogP contribution is -2.47. The summed E-state index contributed by atoms with van der Waals surface area (Å²) >= 11 is 5.60. The highest BCUT2D eigenvalue weighted by atomic mass is 35.5. The van der Waals surface area contributed by atoms with Gasteiger partial charge < -0.3 is 16.2 Å². The van der Waals surface area contributed by atoms with E-state index in [0.717, 1.165) is 5.57 Å². The van der Waals surface area contributed by atoms with Crippen molar-refractivity contribution in [1.82, 2.24) is 5.32 Å². The number of nitrogens with zero attached hydrogens (tertiary/aromatic N) is 1. The van der Waals surface area contributed by atoms with Crippen molar-refractivity contribution in [2.45, 2.75) is 18.5 Å². The maximum Gasteiger partial charge on any atom is 0.369 e. The van der Waals surface area contributed by atoms with Crippen molar-refractivity contribution in [1.29, 1.82) is 0 Å². The van der Waals surface area contributed by atoms with Crippen LogP contribution in [-0.2, 0) is 4.79 Å². The molecular weight excluding hydrogens is 194 g/mol. The van der Waals surface area contributed by atoms with Gasteiger partial charge in [0.05, 0.1) is 0 Å². The van der Waals surface area contributed by atoms with E-state index in [9.17, 15) is 4.79 Å². The van der Waals surface area contributed by atoms with Crippen LogP contribution in [0, 0.1) is 0 Å². The third-order valence-electron chi connectivity index (χ3n) is 1.71. The quantitative estimate of drug-likeness (QED) is 0.443. The van der Waals surface area contributed by atoms with Crippen LogP contribution in [0.1, 0.15) is 13.3 Å². The standard InChI is InChI=1S/C7H10ClN3O2/c1-2-4-3-10-7(8,6(12)13)11-5(4)9/h3,10H,2H2,1H3,(H2,9,11)(H,12,13). The van der Waals surface area contributed by atoms with E-state index in [0.29, 0.717) is 6.42 Å². The maximum atomic E-state index is 10.6. The lowest BCUT2D eigenvalue weighted by molar-refractivity contribution is -0.140. The third-order valence-corrected chi connectivity index (χ3v) is 2.06. The van der Waals surface area contributed by atoms with Gasteiger partial charge in [-0.25, -0.2) is 9.79 Å². The number of amidine groups is 1. The van der Waals surface area contributed by atoms with Crippen LogP contribution in [0.3, 0.4) is 0 Å². The van der Waals surface area contributed by atoms with E-state index < -0.39 is 11.1 Å². The van der Waals surface area contributed by atoms with Crippen LogP contribution in [0.4, 0.5) is 0 Å². The van der Waals surface area contributed by atoms with Crippen molar-refractivity contribution in [3.05, 3.63) is 11.8 Å². The zero-order chi connectivity index (χ0) is 10.1. The minimum atomic E-state index is -1.84. The number of carboxylic acids is 1. The molecule has 0 spiro atoms. The molecule has 1 atom stereocenters. The number of nitrogens with two attached hydrogens (primary N) is 1. The summed E-state index contributed by atoms with van der Waals surface area (Å²) in [6, 6.07) is 0. The SMILES string of the molecule is CCC1=CNC(Cl)(C(=O)O)N=C1N. The summed E-state index contributed by atoms with van der Waals surface area (Å²) in [4.78, 5) is 14.3. The van der Waals surface area contributed by atoms with Gasteiger partial charge in [-0.1, -0.05) is 18.5 Å². The highest BCUT2D eigenvalue weighted by Gasteiger charge is 2.37. The molecule has 72 valence electrons. The van der Waals surface area contributed by atoms with Gasteiger partial charge in [0.2, 0.25) is 0 Å². The average molecular weight is 204 g/mol. The number of carbonyl (C=O) groups is 1. The van der Waals surface area contributed by atoms with Gasteiger partial charge in [0.25, 0.3) is 0 Å². The molecule has 0 bridgehead atoms. The maximum absolute atomic E-state index is 10.6. The normalized spacial score (nSPS) is 27.2. The molecule has 0 aromatic carbocycles. The monoisotopic (exact) mass is 203 g/mol. The largest absolute Gasteiger partial charge is 0.477 e. The van der Waals surface area contributed by atoms with Crippen molar-refractivity contribution in [2.24, 2.45) is 10.7 Å². The molecule has 0 aliphatic carbocycles. The summed E-state index contributed by atoms with van der Waals surface area (Å²) in [5.74, 6) is -1.11. The van der Waals surface area contributed by atoms with Crippen LogP contribution in [-0.4, -0.2) is 22.0 Å². The Hall–Kier alpha value is -1.23. The molecule has 4 N–H and O–H groups in total. The summed E-state index contributed by atoms with van der Waals surface area (Å²) in [5, 5.41) is 9.31. The summed E-state index contributed by atoms with van der Waals surface area (Å²) in [6.07, 6.45) is 2.15. The molecule has 0 saturated carbocycles. The van der Waals surface area contributed by atoms with Gasteiger partial charge in [-0.3, -0.25) is 0 Å². The molecular formula is C7H10ClN3O2. The van der Waals surface area contributed by atoms with Gasteiger partial charge in [0.15, 0.2) is 0 Å². The molecule has 1 aliphatic rings. The first-order valence-electron chi connectivity index (χ1n) is 3.74. The first kappa shape index (κ1) is 9.85. The summed E-state index contributed by atoms with van der Waals surface area (Å²) in [7, 11) is 0. The number of hydrogen-bond acceptors (Lipinski definition) is 4. The molecule has 0 aromatic heterocycles. The summed E-state index contributed by atoms with van der Waals surface area (Å²) < 4.78 is 0. The fourth-order valence-electron chi connectivity index (χ4n) is 0.919. The predicted octanol–water partition coefficient (Wildman–Crippen LogP) is 0.218. The highest BCUT2D eigenvalue weighted by Crippen LogP contribution is 2.19. The molecule has 0 amide bonds. The highest BCUT2D eigenvalue weighted by molar-refractivity contribution is 6.34. The Kier molecular flexibility index (Phi) is 2.47. The Morgan fingerprint density at radius 1 is 1.92 bits per heavy atom. The molecule has 6 heteroatoms. The zero-order valence-corrected chi connectivity index (χ0v) is 7.80.